The van der Waals surface area contributed by atoms with Crippen molar-refractivity contribution in [1.29, 1.82) is 0 Å². The number of primary amides is 1. The van der Waals surface area contributed by atoms with Crippen LogP contribution in [0.3, 0.4) is 0 Å². The fourth-order valence-electron chi connectivity index (χ4n) is 2.83. The Balaban J connectivity index is 2.12. The maximum Gasteiger partial charge on any atom is 0.237 e. The van der Waals surface area contributed by atoms with Crippen molar-refractivity contribution in [3.8, 4) is 0 Å². The largest absolute Gasteiger partial charge is 0.371 e. The average molecular weight is 268 g/mol. The third kappa shape index (κ3) is 2.50. The molecule has 1 aliphatic carbocycles. The highest BCUT2D eigenvalue weighted by atomic mass is 19.1. The van der Waals surface area contributed by atoms with E-state index in [-0.39, 0.29) is 17.8 Å². The van der Waals surface area contributed by atoms with Crippen LogP contribution in [0.1, 0.15) is 19.3 Å². The predicted molar refractivity (Wildman–Crippen MR) is 71.7 cm³/mol. The summed E-state index contributed by atoms with van der Waals surface area (Å²) in [4.78, 5) is 13.5. The second kappa shape index (κ2) is 5.30. The molecule has 1 aliphatic heterocycles. The van der Waals surface area contributed by atoms with Gasteiger partial charge in [0.05, 0.1) is 11.7 Å². The Labute approximate surface area is 112 Å². The number of likely N-dealkylation sites (N-methyl/N-ethyl adjacent to an activating group) is 1. The molecule has 0 spiro atoms. The predicted octanol–water partition coefficient (Wildman–Crippen LogP) is -0.00600. The molecule has 1 amide bonds. The molecule has 2 rings (SSSR count). The molecule has 2 aliphatic rings. The van der Waals surface area contributed by atoms with Crippen molar-refractivity contribution in [1.82, 2.24) is 10.2 Å². The Kier molecular flexibility index (Phi) is 3.91. The highest BCUT2D eigenvalue weighted by Gasteiger charge is 2.39. The van der Waals surface area contributed by atoms with E-state index in [1.54, 1.807) is 13.1 Å². The van der Waals surface area contributed by atoms with Gasteiger partial charge in [-0.3, -0.25) is 4.79 Å². The number of nitrogens with one attached hydrogen (secondary N) is 1. The molecular formula is C13H21FN4O. The summed E-state index contributed by atoms with van der Waals surface area (Å²) < 4.78 is 13.9. The van der Waals surface area contributed by atoms with E-state index in [1.165, 1.54) is 6.08 Å². The summed E-state index contributed by atoms with van der Waals surface area (Å²) in [6.45, 7) is 1.15. The third-order valence-corrected chi connectivity index (χ3v) is 4.16. The number of carbonyl (C=O) groups is 1. The highest BCUT2D eigenvalue weighted by Crippen LogP contribution is 2.29. The van der Waals surface area contributed by atoms with Crippen LogP contribution in [-0.4, -0.2) is 42.5 Å². The average Bonchev–Trinajstić information content (AvgIpc) is 2.39. The second-order valence-electron chi connectivity index (χ2n) is 5.16. The number of hydrogen-bond donors (Lipinski definition) is 3. The minimum absolute atomic E-state index is 0.269. The first kappa shape index (κ1) is 14.0. The van der Waals surface area contributed by atoms with Gasteiger partial charge >= 0.3 is 0 Å². The Morgan fingerprint density at radius 3 is 2.63 bits per heavy atom. The van der Waals surface area contributed by atoms with Crippen LogP contribution >= 0.6 is 0 Å². The van der Waals surface area contributed by atoms with Crippen LogP contribution < -0.4 is 16.8 Å². The van der Waals surface area contributed by atoms with Crippen molar-refractivity contribution in [2.75, 3.05) is 20.1 Å². The van der Waals surface area contributed by atoms with Gasteiger partial charge in [0, 0.05) is 13.1 Å². The molecule has 6 heteroatoms. The fourth-order valence-corrected chi connectivity index (χ4v) is 2.83. The topological polar surface area (TPSA) is 84.4 Å². The molecule has 0 bridgehead atoms. The molecule has 5 nitrogen and oxygen atoms in total. The quantitative estimate of drug-likeness (QED) is 0.672. The number of allylic oxidation sites excluding steroid dienone is 2. The zero-order valence-corrected chi connectivity index (χ0v) is 11.2. The monoisotopic (exact) mass is 268 g/mol. The summed E-state index contributed by atoms with van der Waals surface area (Å²) in [5.41, 5.74) is 11.3. The summed E-state index contributed by atoms with van der Waals surface area (Å²) in [7, 11) is 1.73. The van der Waals surface area contributed by atoms with Gasteiger partial charge in [0.2, 0.25) is 5.91 Å². The van der Waals surface area contributed by atoms with E-state index < -0.39 is 5.54 Å². The van der Waals surface area contributed by atoms with E-state index in [0.717, 1.165) is 0 Å². The molecule has 5 N–H and O–H groups in total. The SMILES string of the molecule is CNC1(C(N)=O)CCN(C2=C(F)C=CCC2N)CC1. The molecule has 0 radical (unpaired) electrons. The van der Waals surface area contributed by atoms with Gasteiger partial charge in [-0.25, -0.2) is 4.39 Å². The fraction of sp³-hybridized carbons (Fsp3) is 0.615. The Bertz CT molecular complexity index is 424. The number of nitrogens with two attached hydrogens (primary N) is 2. The van der Waals surface area contributed by atoms with E-state index in [9.17, 15) is 9.18 Å². The lowest BCUT2D eigenvalue weighted by molar-refractivity contribution is -0.126. The Hall–Kier alpha value is -1.40. The zero-order valence-electron chi connectivity index (χ0n) is 11.2. The summed E-state index contributed by atoms with van der Waals surface area (Å²) >= 11 is 0. The zero-order chi connectivity index (χ0) is 14.0. The van der Waals surface area contributed by atoms with Crippen molar-refractivity contribution < 1.29 is 9.18 Å². The van der Waals surface area contributed by atoms with Crippen molar-refractivity contribution >= 4 is 5.91 Å². The normalized spacial score (nSPS) is 26.7. The first-order chi connectivity index (χ1) is 9.00. The number of amides is 1. The molecule has 106 valence electrons. The van der Waals surface area contributed by atoms with Crippen molar-refractivity contribution in [3.05, 3.63) is 23.7 Å². The van der Waals surface area contributed by atoms with Crippen LogP contribution in [0.15, 0.2) is 23.7 Å². The number of likely N-dealkylation sites (tertiary alicyclic amines) is 1. The highest BCUT2D eigenvalue weighted by molar-refractivity contribution is 5.84. The number of carbonyl (C=O) groups excluding carboxylic acids is 1. The van der Waals surface area contributed by atoms with Crippen LogP contribution in [0.2, 0.25) is 0 Å². The van der Waals surface area contributed by atoms with Crippen LogP contribution in [0.4, 0.5) is 4.39 Å². The van der Waals surface area contributed by atoms with Gasteiger partial charge in [-0.05, 0) is 32.4 Å². The summed E-state index contributed by atoms with van der Waals surface area (Å²) in [6, 6.07) is -0.305. The molecule has 0 aromatic rings. The molecule has 1 saturated heterocycles. The third-order valence-electron chi connectivity index (χ3n) is 4.16. The van der Waals surface area contributed by atoms with E-state index >= 15 is 0 Å². The number of piperidine rings is 1. The van der Waals surface area contributed by atoms with E-state index in [0.29, 0.717) is 38.0 Å². The maximum absolute atomic E-state index is 13.9. The van der Waals surface area contributed by atoms with Gasteiger partial charge in [0.1, 0.15) is 11.4 Å². The van der Waals surface area contributed by atoms with Crippen molar-refractivity contribution in [3.63, 3.8) is 0 Å². The van der Waals surface area contributed by atoms with Crippen LogP contribution in [-0.2, 0) is 4.79 Å². The summed E-state index contributed by atoms with van der Waals surface area (Å²) in [5.74, 6) is -0.619. The first-order valence-corrected chi connectivity index (χ1v) is 6.56. The van der Waals surface area contributed by atoms with Gasteiger partial charge in [0.15, 0.2) is 0 Å². The Morgan fingerprint density at radius 1 is 1.53 bits per heavy atom. The van der Waals surface area contributed by atoms with Gasteiger partial charge in [0.25, 0.3) is 0 Å². The van der Waals surface area contributed by atoms with Gasteiger partial charge in [-0.1, -0.05) is 6.08 Å². The number of nitrogens with zero attached hydrogens (tertiary/aromatic N) is 1. The number of rotatable bonds is 3. The molecule has 1 unspecified atom stereocenters. The molecule has 0 saturated carbocycles. The van der Waals surface area contributed by atoms with E-state index in [4.69, 9.17) is 11.5 Å². The van der Waals surface area contributed by atoms with E-state index in [2.05, 4.69) is 5.32 Å². The molecule has 0 aromatic heterocycles. The lowest BCUT2D eigenvalue weighted by Gasteiger charge is -2.42. The number of hydrogen-bond acceptors (Lipinski definition) is 4. The molecular weight excluding hydrogens is 247 g/mol. The summed E-state index contributed by atoms with van der Waals surface area (Å²) in [5, 5.41) is 3.01. The molecule has 1 heterocycles. The van der Waals surface area contributed by atoms with Gasteiger partial charge < -0.3 is 21.7 Å². The van der Waals surface area contributed by atoms with Gasteiger partial charge in [-0.15, -0.1) is 0 Å². The standard InChI is InChI=1S/C13H21FN4O/c1-17-13(12(16)19)5-7-18(8-6-13)11-9(14)3-2-4-10(11)15/h2-3,10,17H,4-8,15H2,1H3,(H2,16,19). The lowest BCUT2D eigenvalue weighted by atomic mass is 9.86. The molecule has 19 heavy (non-hydrogen) atoms. The number of halogens is 1. The second-order valence-corrected chi connectivity index (χ2v) is 5.16. The van der Waals surface area contributed by atoms with Crippen LogP contribution in [0, 0.1) is 0 Å². The summed E-state index contributed by atoms with van der Waals surface area (Å²) in [6.07, 6.45) is 4.98. The molecule has 1 fully saturated rings. The smallest absolute Gasteiger partial charge is 0.237 e. The minimum atomic E-state index is -0.678. The Morgan fingerprint density at radius 2 is 2.16 bits per heavy atom. The van der Waals surface area contributed by atoms with Crippen molar-refractivity contribution in [2.24, 2.45) is 11.5 Å². The lowest BCUT2D eigenvalue weighted by Crippen LogP contribution is -2.60. The van der Waals surface area contributed by atoms with E-state index in [1.807, 2.05) is 4.90 Å². The van der Waals surface area contributed by atoms with Gasteiger partial charge in [-0.2, -0.15) is 0 Å². The minimum Gasteiger partial charge on any atom is -0.371 e. The van der Waals surface area contributed by atoms with Crippen molar-refractivity contribution in [2.45, 2.75) is 30.8 Å². The molecule has 1 atom stereocenters. The van der Waals surface area contributed by atoms with Crippen LogP contribution in [0.5, 0.6) is 0 Å². The maximum atomic E-state index is 13.9. The molecule has 0 aromatic carbocycles. The first-order valence-electron chi connectivity index (χ1n) is 6.56. The van der Waals surface area contributed by atoms with Crippen LogP contribution in [0.25, 0.3) is 0 Å².